The monoisotopic (exact) mass is 454 g/mol. The number of hydrogen-bond donors (Lipinski definition) is 7. The van der Waals surface area contributed by atoms with E-state index in [1.807, 2.05) is 0 Å². The first-order valence-corrected chi connectivity index (χ1v) is 9.99. The normalized spacial score (nSPS) is 13.4. The van der Waals surface area contributed by atoms with Crippen molar-refractivity contribution in [3.05, 3.63) is 35.9 Å². The molecule has 1 aromatic carbocycles. The minimum absolute atomic E-state index is 0.00727. The summed E-state index contributed by atoms with van der Waals surface area (Å²) in [7, 11) is 0. The number of carbonyl (C=O) groups excluding carboxylic acids is 3. The van der Waals surface area contributed by atoms with E-state index in [-0.39, 0.29) is 18.6 Å². The third kappa shape index (κ3) is 9.96. The highest BCUT2D eigenvalue weighted by atomic mass is 32.1. The fraction of sp³-hybridized carbons (Fsp3) is 0.421. The van der Waals surface area contributed by atoms with Crippen molar-refractivity contribution in [1.29, 1.82) is 0 Å². The molecule has 0 aliphatic rings. The molecule has 12 heteroatoms. The smallest absolute Gasteiger partial charge is 0.322 e. The summed E-state index contributed by atoms with van der Waals surface area (Å²) in [5, 5.41) is 24.7. The van der Waals surface area contributed by atoms with Crippen LogP contribution in [0.2, 0.25) is 0 Å². The van der Waals surface area contributed by atoms with Crippen LogP contribution in [0.1, 0.15) is 18.4 Å². The average molecular weight is 455 g/mol. The summed E-state index contributed by atoms with van der Waals surface area (Å²) >= 11 is 3.91. The van der Waals surface area contributed by atoms with E-state index in [9.17, 15) is 24.0 Å². The highest BCUT2D eigenvalue weighted by Gasteiger charge is 2.28. The van der Waals surface area contributed by atoms with E-state index in [0.29, 0.717) is 5.56 Å². The molecule has 170 valence electrons. The van der Waals surface area contributed by atoms with Gasteiger partial charge in [0, 0.05) is 18.6 Å². The van der Waals surface area contributed by atoms with Gasteiger partial charge in [-0.3, -0.25) is 24.0 Å². The van der Waals surface area contributed by atoms with Crippen molar-refractivity contribution in [2.45, 2.75) is 37.4 Å². The summed E-state index contributed by atoms with van der Waals surface area (Å²) in [6.07, 6.45) is -0.599. The minimum Gasteiger partial charge on any atom is -0.481 e. The maximum Gasteiger partial charge on any atom is 0.322 e. The Hall–Kier alpha value is -3.12. The van der Waals surface area contributed by atoms with E-state index in [4.69, 9.17) is 15.9 Å². The summed E-state index contributed by atoms with van der Waals surface area (Å²) < 4.78 is 0. The highest BCUT2D eigenvalue weighted by Crippen LogP contribution is 2.06. The van der Waals surface area contributed by atoms with Gasteiger partial charge in [-0.15, -0.1) is 0 Å². The number of thiol groups is 1. The standard InChI is InChI=1S/C19H26N4O7S/c20-12(10-31)17(28)22-13(6-7-15(24)25)19(30)23-14(18(29)21-9-16(26)27)8-11-4-2-1-3-5-11/h1-5,12-14,31H,6-10,20H2,(H,21,29)(H,22,28)(H,23,30)(H,24,25)(H,26,27). The highest BCUT2D eigenvalue weighted by molar-refractivity contribution is 7.80. The Morgan fingerprint density at radius 1 is 0.903 bits per heavy atom. The molecule has 0 radical (unpaired) electrons. The molecular formula is C19H26N4O7S. The van der Waals surface area contributed by atoms with Crippen LogP contribution < -0.4 is 21.7 Å². The number of carboxylic acid groups (broad SMARTS) is 2. The Labute approximate surface area is 184 Å². The predicted octanol–water partition coefficient (Wildman–Crippen LogP) is -1.48. The Kier molecular flexibility index (Phi) is 11.1. The van der Waals surface area contributed by atoms with Crippen molar-refractivity contribution < 1.29 is 34.2 Å². The van der Waals surface area contributed by atoms with Gasteiger partial charge in [-0.2, -0.15) is 12.6 Å². The Morgan fingerprint density at radius 3 is 2.06 bits per heavy atom. The van der Waals surface area contributed by atoms with E-state index < -0.39 is 60.8 Å². The molecule has 0 bridgehead atoms. The van der Waals surface area contributed by atoms with Crippen LogP contribution in [0.3, 0.4) is 0 Å². The second kappa shape index (κ2) is 13.2. The number of hydrogen-bond acceptors (Lipinski definition) is 7. The first kappa shape index (κ1) is 25.9. The van der Waals surface area contributed by atoms with E-state index in [0.717, 1.165) is 0 Å². The lowest BCUT2D eigenvalue weighted by atomic mass is 10.0. The third-order valence-corrected chi connectivity index (χ3v) is 4.54. The fourth-order valence-corrected chi connectivity index (χ4v) is 2.68. The first-order chi connectivity index (χ1) is 14.6. The number of carbonyl (C=O) groups is 5. The van der Waals surface area contributed by atoms with Crippen molar-refractivity contribution in [3.8, 4) is 0 Å². The van der Waals surface area contributed by atoms with E-state index in [1.54, 1.807) is 30.3 Å². The van der Waals surface area contributed by atoms with Crippen LogP contribution in [0.15, 0.2) is 30.3 Å². The molecule has 0 fully saturated rings. The average Bonchev–Trinajstić information content (AvgIpc) is 2.73. The topological polar surface area (TPSA) is 188 Å². The van der Waals surface area contributed by atoms with Crippen LogP contribution in [0.5, 0.6) is 0 Å². The predicted molar refractivity (Wildman–Crippen MR) is 113 cm³/mol. The number of nitrogens with two attached hydrogens (primary N) is 1. The molecule has 0 aliphatic heterocycles. The van der Waals surface area contributed by atoms with Crippen LogP contribution >= 0.6 is 12.6 Å². The summed E-state index contributed by atoms with van der Waals surface area (Å²) in [6, 6.07) is 5.25. The number of aliphatic carboxylic acids is 2. The second-order valence-electron chi connectivity index (χ2n) is 6.65. The zero-order chi connectivity index (χ0) is 23.4. The van der Waals surface area contributed by atoms with E-state index in [1.165, 1.54) is 0 Å². The maximum atomic E-state index is 12.8. The molecule has 0 saturated heterocycles. The summed E-state index contributed by atoms with van der Waals surface area (Å²) in [5.74, 6) is -4.67. The molecule has 1 aromatic rings. The molecule has 3 amide bonds. The lowest BCUT2D eigenvalue weighted by molar-refractivity contribution is -0.138. The van der Waals surface area contributed by atoms with Crippen molar-refractivity contribution in [2.75, 3.05) is 12.3 Å². The van der Waals surface area contributed by atoms with Gasteiger partial charge in [0.1, 0.15) is 18.6 Å². The van der Waals surface area contributed by atoms with Crippen LogP contribution in [0, 0.1) is 0 Å². The third-order valence-electron chi connectivity index (χ3n) is 4.14. The SMILES string of the molecule is NC(CS)C(=O)NC(CCC(=O)O)C(=O)NC(Cc1ccccc1)C(=O)NCC(=O)O. The summed E-state index contributed by atoms with van der Waals surface area (Å²) in [4.78, 5) is 59.0. The van der Waals surface area contributed by atoms with Gasteiger partial charge in [0.05, 0.1) is 6.04 Å². The molecule has 3 atom stereocenters. The van der Waals surface area contributed by atoms with Gasteiger partial charge in [-0.05, 0) is 12.0 Å². The molecular weight excluding hydrogens is 428 g/mol. The Bertz CT molecular complexity index is 791. The van der Waals surface area contributed by atoms with E-state index in [2.05, 4.69) is 28.6 Å². The van der Waals surface area contributed by atoms with Gasteiger partial charge in [0.15, 0.2) is 0 Å². The Balaban J connectivity index is 2.99. The summed E-state index contributed by atoms with van der Waals surface area (Å²) in [5.41, 5.74) is 6.28. The van der Waals surface area contributed by atoms with Gasteiger partial charge < -0.3 is 31.9 Å². The largest absolute Gasteiger partial charge is 0.481 e. The van der Waals surface area contributed by atoms with Crippen LogP contribution in [-0.2, 0) is 30.4 Å². The quantitative estimate of drug-likeness (QED) is 0.176. The molecule has 7 N–H and O–H groups in total. The molecule has 1 rings (SSSR count). The Morgan fingerprint density at radius 2 is 1.52 bits per heavy atom. The molecule has 11 nitrogen and oxygen atoms in total. The fourth-order valence-electron chi connectivity index (χ4n) is 2.52. The summed E-state index contributed by atoms with van der Waals surface area (Å²) in [6.45, 7) is -0.643. The first-order valence-electron chi connectivity index (χ1n) is 9.36. The van der Waals surface area contributed by atoms with Crippen LogP contribution in [0.25, 0.3) is 0 Å². The van der Waals surface area contributed by atoms with Crippen molar-refractivity contribution in [3.63, 3.8) is 0 Å². The van der Waals surface area contributed by atoms with Crippen molar-refractivity contribution in [2.24, 2.45) is 5.73 Å². The lowest BCUT2D eigenvalue weighted by Gasteiger charge is -2.23. The van der Waals surface area contributed by atoms with Crippen molar-refractivity contribution >= 4 is 42.3 Å². The number of benzene rings is 1. The molecule has 3 unspecified atom stereocenters. The van der Waals surface area contributed by atoms with Crippen LogP contribution in [-0.4, -0.2) is 70.3 Å². The molecule has 0 spiro atoms. The molecule has 0 saturated carbocycles. The number of rotatable bonds is 13. The lowest BCUT2D eigenvalue weighted by Crippen LogP contribution is -2.56. The van der Waals surface area contributed by atoms with Gasteiger partial charge in [0.25, 0.3) is 0 Å². The molecule has 0 aromatic heterocycles. The van der Waals surface area contributed by atoms with Crippen molar-refractivity contribution in [1.82, 2.24) is 16.0 Å². The number of nitrogens with one attached hydrogen (secondary N) is 3. The maximum absolute atomic E-state index is 12.8. The minimum atomic E-state index is -1.26. The van der Waals surface area contributed by atoms with Gasteiger partial charge in [-0.25, -0.2) is 0 Å². The zero-order valence-corrected chi connectivity index (χ0v) is 17.5. The van der Waals surface area contributed by atoms with Gasteiger partial charge in [0.2, 0.25) is 17.7 Å². The second-order valence-corrected chi connectivity index (χ2v) is 7.01. The number of carboxylic acids is 2. The molecule has 0 aliphatic carbocycles. The van der Waals surface area contributed by atoms with Gasteiger partial charge >= 0.3 is 11.9 Å². The molecule has 0 heterocycles. The van der Waals surface area contributed by atoms with E-state index >= 15 is 0 Å². The molecule has 31 heavy (non-hydrogen) atoms. The number of amides is 3. The zero-order valence-electron chi connectivity index (χ0n) is 16.6. The van der Waals surface area contributed by atoms with Crippen LogP contribution in [0.4, 0.5) is 0 Å². The van der Waals surface area contributed by atoms with Gasteiger partial charge in [-0.1, -0.05) is 30.3 Å².